The first-order chi connectivity index (χ1) is 9.54. The van der Waals surface area contributed by atoms with Crippen molar-refractivity contribution in [3.63, 3.8) is 0 Å². The smallest absolute Gasteiger partial charge is 0.319 e. The Hall–Kier alpha value is -2.41. The number of benzene rings is 1. The Morgan fingerprint density at radius 2 is 2.30 bits per heavy atom. The molecule has 1 aromatic carbocycles. The highest BCUT2D eigenvalue weighted by atomic mass is 16.2. The molecule has 0 saturated heterocycles. The van der Waals surface area contributed by atoms with Gasteiger partial charge >= 0.3 is 6.03 Å². The van der Waals surface area contributed by atoms with Crippen molar-refractivity contribution < 1.29 is 4.79 Å². The minimum Gasteiger partial charge on any atom is -0.330 e. The lowest BCUT2D eigenvalue weighted by molar-refractivity contribution is 0.251. The number of aryl methyl sites for hydroxylation is 1. The summed E-state index contributed by atoms with van der Waals surface area (Å²) in [6.07, 6.45) is 1.58. The quantitative estimate of drug-likeness (QED) is 0.779. The van der Waals surface area contributed by atoms with Gasteiger partial charge < -0.3 is 16.4 Å². The molecule has 0 radical (unpaired) electrons. The van der Waals surface area contributed by atoms with Crippen LogP contribution < -0.4 is 16.4 Å². The molecular formula is C13H18N6O. The van der Waals surface area contributed by atoms with E-state index in [-0.39, 0.29) is 18.6 Å². The number of carbonyl (C=O) groups excluding carboxylic acids is 1. The van der Waals surface area contributed by atoms with Gasteiger partial charge in [-0.1, -0.05) is 12.1 Å². The summed E-state index contributed by atoms with van der Waals surface area (Å²) in [6, 6.07) is 7.06. The van der Waals surface area contributed by atoms with E-state index in [1.54, 1.807) is 18.1 Å². The Kier molecular flexibility index (Phi) is 4.31. The number of nitrogens with two attached hydrogens (primary N) is 1. The second-order valence-electron chi connectivity index (χ2n) is 4.56. The predicted molar refractivity (Wildman–Crippen MR) is 75.9 cm³/mol. The standard InChI is InChI=1S/C13H18N6O/c1-9(14)10-4-3-5-11(6-10)17-13(20)15-7-12-16-8-19(2)18-12/h3-6,8-9H,7,14H2,1-2H3,(H2,15,17,20). The fourth-order valence-corrected chi connectivity index (χ4v) is 1.70. The van der Waals surface area contributed by atoms with Gasteiger partial charge in [-0.2, -0.15) is 5.10 Å². The lowest BCUT2D eigenvalue weighted by Gasteiger charge is -2.10. The Morgan fingerprint density at radius 1 is 1.50 bits per heavy atom. The van der Waals surface area contributed by atoms with Crippen molar-refractivity contribution in [2.45, 2.75) is 19.5 Å². The Labute approximate surface area is 117 Å². The second kappa shape index (κ2) is 6.16. The Bertz CT molecular complexity index is 592. The molecule has 0 fully saturated rings. The van der Waals surface area contributed by atoms with Crippen LogP contribution in [-0.4, -0.2) is 20.8 Å². The van der Waals surface area contributed by atoms with Gasteiger partial charge in [0, 0.05) is 18.8 Å². The average Bonchev–Trinajstić information content (AvgIpc) is 2.82. The highest BCUT2D eigenvalue weighted by Crippen LogP contribution is 2.15. The van der Waals surface area contributed by atoms with Gasteiger partial charge in [-0.15, -0.1) is 0 Å². The average molecular weight is 274 g/mol. The third-order valence-electron chi connectivity index (χ3n) is 2.72. The van der Waals surface area contributed by atoms with Crippen LogP contribution in [0.5, 0.6) is 0 Å². The van der Waals surface area contributed by atoms with Crippen molar-refractivity contribution in [1.29, 1.82) is 0 Å². The molecule has 0 saturated carbocycles. The molecule has 1 aromatic heterocycles. The van der Waals surface area contributed by atoms with Gasteiger partial charge in [0.25, 0.3) is 0 Å². The molecular weight excluding hydrogens is 256 g/mol. The maximum Gasteiger partial charge on any atom is 0.319 e. The summed E-state index contributed by atoms with van der Waals surface area (Å²) in [7, 11) is 1.77. The number of hydrogen-bond acceptors (Lipinski definition) is 4. The number of hydrogen-bond donors (Lipinski definition) is 3. The Balaban J connectivity index is 1.89. The summed E-state index contributed by atoms with van der Waals surface area (Å²) in [5, 5.41) is 9.51. The van der Waals surface area contributed by atoms with Crippen molar-refractivity contribution in [3.8, 4) is 0 Å². The van der Waals surface area contributed by atoms with E-state index in [4.69, 9.17) is 5.73 Å². The minimum atomic E-state index is -0.306. The van der Waals surface area contributed by atoms with E-state index in [1.165, 1.54) is 0 Å². The van der Waals surface area contributed by atoms with Crippen molar-refractivity contribution in [1.82, 2.24) is 20.1 Å². The molecule has 7 nitrogen and oxygen atoms in total. The third kappa shape index (κ3) is 3.79. The first kappa shape index (κ1) is 14.0. The number of anilines is 1. The number of aromatic nitrogens is 3. The van der Waals surface area contributed by atoms with Gasteiger partial charge in [-0.05, 0) is 24.6 Å². The van der Waals surface area contributed by atoms with Crippen LogP contribution in [0.2, 0.25) is 0 Å². The molecule has 0 aliphatic carbocycles. The molecule has 0 bridgehead atoms. The van der Waals surface area contributed by atoms with Crippen molar-refractivity contribution in [3.05, 3.63) is 42.0 Å². The van der Waals surface area contributed by atoms with Crippen LogP contribution in [0.1, 0.15) is 24.4 Å². The van der Waals surface area contributed by atoms with Gasteiger partial charge in [0.15, 0.2) is 5.82 Å². The van der Waals surface area contributed by atoms with Crippen LogP contribution in [0.4, 0.5) is 10.5 Å². The number of urea groups is 1. The van der Waals surface area contributed by atoms with E-state index < -0.39 is 0 Å². The zero-order valence-corrected chi connectivity index (χ0v) is 11.5. The maximum atomic E-state index is 11.8. The summed E-state index contributed by atoms with van der Waals surface area (Å²) >= 11 is 0. The van der Waals surface area contributed by atoms with Crippen LogP contribution in [-0.2, 0) is 13.6 Å². The van der Waals surface area contributed by atoms with Crippen LogP contribution in [0.3, 0.4) is 0 Å². The molecule has 2 amide bonds. The largest absolute Gasteiger partial charge is 0.330 e. The molecule has 0 aliphatic rings. The molecule has 1 atom stereocenters. The van der Waals surface area contributed by atoms with Gasteiger partial charge in [0.2, 0.25) is 0 Å². The predicted octanol–water partition coefficient (Wildman–Crippen LogP) is 1.16. The highest BCUT2D eigenvalue weighted by molar-refractivity contribution is 5.89. The molecule has 20 heavy (non-hydrogen) atoms. The number of rotatable bonds is 4. The van der Waals surface area contributed by atoms with E-state index in [0.717, 1.165) is 5.56 Å². The molecule has 2 rings (SSSR count). The number of nitrogens with one attached hydrogen (secondary N) is 2. The first-order valence-corrected chi connectivity index (χ1v) is 6.29. The van der Waals surface area contributed by atoms with Crippen LogP contribution >= 0.6 is 0 Å². The molecule has 0 spiro atoms. The minimum absolute atomic E-state index is 0.0717. The molecule has 106 valence electrons. The fourth-order valence-electron chi connectivity index (χ4n) is 1.70. The monoisotopic (exact) mass is 274 g/mol. The van der Waals surface area contributed by atoms with Crippen molar-refractivity contribution in [2.75, 3.05) is 5.32 Å². The molecule has 1 heterocycles. The van der Waals surface area contributed by atoms with Crippen LogP contribution in [0.25, 0.3) is 0 Å². The molecule has 2 aromatic rings. The third-order valence-corrected chi connectivity index (χ3v) is 2.72. The summed E-state index contributed by atoms with van der Waals surface area (Å²) in [6.45, 7) is 2.17. The maximum absolute atomic E-state index is 11.8. The first-order valence-electron chi connectivity index (χ1n) is 6.29. The van der Waals surface area contributed by atoms with E-state index in [0.29, 0.717) is 11.5 Å². The summed E-state index contributed by atoms with van der Waals surface area (Å²) in [4.78, 5) is 15.8. The topological polar surface area (TPSA) is 97.9 Å². The summed E-state index contributed by atoms with van der Waals surface area (Å²) in [5.74, 6) is 0.562. The molecule has 0 aliphatic heterocycles. The van der Waals surface area contributed by atoms with Crippen LogP contribution in [0, 0.1) is 0 Å². The molecule has 7 heteroatoms. The number of nitrogens with zero attached hydrogens (tertiary/aromatic N) is 3. The number of carbonyl (C=O) groups is 1. The van der Waals surface area contributed by atoms with E-state index >= 15 is 0 Å². The Morgan fingerprint density at radius 3 is 2.95 bits per heavy atom. The van der Waals surface area contributed by atoms with Gasteiger partial charge in [-0.3, -0.25) is 4.68 Å². The molecule has 4 N–H and O–H groups in total. The fraction of sp³-hybridized carbons (Fsp3) is 0.308. The van der Waals surface area contributed by atoms with E-state index in [9.17, 15) is 4.79 Å². The van der Waals surface area contributed by atoms with E-state index in [2.05, 4.69) is 20.7 Å². The normalized spacial score (nSPS) is 11.9. The van der Waals surface area contributed by atoms with Gasteiger partial charge in [-0.25, -0.2) is 9.78 Å². The lowest BCUT2D eigenvalue weighted by Crippen LogP contribution is -2.28. The zero-order valence-electron chi connectivity index (χ0n) is 11.5. The molecule has 1 unspecified atom stereocenters. The number of amides is 2. The summed E-state index contributed by atoms with van der Waals surface area (Å²) in [5.41, 5.74) is 7.47. The highest BCUT2D eigenvalue weighted by Gasteiger charge is 2.05. The van der Waals surface area contributed by atoms with E-state index in [1.807, 2.05) is 31.2 Å². The zero-order chi connectivity index (χ0) is 14.5. The second-order valence-corrected chi connectivity index (χ2v) is 4.56. The SMILES string of the molecule is CC(N)c1cccc(NC(=O)NCc2ncn(C)n2)c1. The lowest BCUT2D eigenvalue weighted by atomic mass is 10.1. The summed E-state index contributed by atoms with van der Waals surface area (Å²) < 4.78 is 1.58. The van der Waals surface area contributed by atoms with Crippen LogP contribution in [0.15, 0.2) is 30.6 Å². The van der Waals surface area contributed by atoms with Gasteiger partial charge in [0.05, 0.1) is 6.54 Å². The van der Waals surface area contributed by atoms with Crippen molar-refractivity contribution in [2.24, 2.45) is 12.8 Å². The van der Waals surface area contributed by atoms with Gasteiger partial charge in [0.1, 0.15) is 6.33 Å². The van der Waals surface area contributed by atoms with Crippen molar-refractivity contribution >= 4 is 11.7 Å².